The minimum atomic E-state index is 0.879. The molecule has 0 aromatic carbocycles. The Labute approximate surface area is 66.9 Å². The summed E-state index contributed by atoms with van der Waals surface area (Å²) in [5, 5.41) is 0. The Morgan fingerprint density at radius 2 is 2.20 bits per heavy atom. The summed E-state index contributed by atoms with van der Waals surface area (Å²) in [5.74, 6) is 0.980. The van der Waals surface area contributed by atoms with Gasteiger partial charge in [0.05, 0.1) is 0 Å². The van der Waals surface area contributed by atoms with E-state index >= 15 is 0 Å². The van der Waals surface area contributed by atoms with E-state index in [4.69, 9.17) is 0 Å². The molecule has 0 aliphatic rings. The topological polar surface area (TPSA) is 17.1 Å². The molecule has 0 aromatic heterocycles. The molecule has 0 atom stereocenters. The Balaban J connectivity index is 3.66. The zero-order valence-corrected chi connectivity index (χ0v) is 7.41. The van der Waals surface area contributed by atoms with Crippen LogP contribution in [0.1, 0.15) is 26.7 Å². The fourth-order valence-electron chi connectivity index (χ4n) is 0.594. The largest absolute Gasteiger partial charge is 0.297 e. The van der Waals surface area contributed by atoms with Gasteiger partial charge in [-0.25, -0.2) is 0 Å². The predicted molar refractivity (Wildman–Crippen MR) is 47.2 cm³/mol. The fraction of sp³-hybridized carbons (Fsp3) is 0.625. The second-order valence-corrected chi connectivity index (χ2v) is 3.28. The van der Waals surface area contributed by atoms with E-state index in [2.05, 4.69) is 6.92 Å². The normalized spacial score (nSPS) is 11.6. The van der Waals surface area contributed by atoms with Gasteiger partial charge in [0.25, 0.3) is 0 Å². The van der Waals surface area contributed by atoms with Crippen LogP contribution in [0.25, 0.3) is 0 Å². The second-order valence-electron chi connectivity index (χ2n) is 1.95. The highest BCUT2D eigenvalue weighted by molar-refractivity contribution is 8.03. The zero-order valence-electron chi connectivity index (χ0n) is 6.59. The van der Waals surface area contributed by atoms with E-state index in [9.17, 15) is 4.79 Å². The number of hydrogen-bond donors (Lipinski definition) is 0. The molecule has 0 amide bonds. The fourth-order valence-corrected chi connectivity index (χ4v) is 1.23. The molecule has 0 radical (unpaired) electrons. The average molecular weight is 158 g/mol. The molecule has 2 heteroatoms. The van der Waals surface area contributed by atoms with Gasteiger partial charge in [-0.2, -0.15) is 0 Å². The van der Waals surface area contributed by atoms with Crippen molar-refractivity contribution in [3.8, 4) is 0 Å². The molecular formula is C8H14OS. The number of carbonyl (C=O) groups is 1. The monoisotopic (exact) mass is 158 g/mol. The van der Waals surface area contributed by atoms with E-state index in [1.54, 1.807) is 11.8 Å². The molecule has 0 spiro atoms. The van der Waals surface area contributed by atoms with Gasteiger partial charge in [0.15, 0.2) is 6.29 Å². The van der Waals surface area contributed by atoms with Crippen LogP contribution in [-0.2, 0) is 4.79 Å². The quantitative estimate of drug-likeness (QED) is 0.452. The zero-order chi connectivity index (χ0) is 7.82. The summed E-state index contributed by atoms with van der Waals surface area (Å²) in [6.07, 6.45) is 5.06. The molecule has 0 aliphatic carbocycles. The lowest BCUT2D eigenvalue weighted by Gasteiger charge is -1.93. The summed E-state index contributed by atoms with van der Waals surface area (Å²) in [6.45, 7) is 4.16. The third-order valence-corrected chi connectivity index (χ3v) is 1.95. The van der Waals surface area contributed by atoms with Crippen LogP contribution in [-0.4, -0.2) is 12.0 Å². The number of carbonyl (C=O) groups excluding carboxylic acids is 1. The number of thioether (sulfide) groups is 1. The number of aldehydes is 1. The van der Waals surface area contributed by atoms with E-state index in [1.807, 2.05) is 13.0 Å². The van der Waals surface area contributed by atoms with Gasteiger partial charge in [-0.05, 0) is 12.2 Å². The first-order valence-corrected chi connectivity index (χ1v) is 4.61. The highest BCUT2D eigenvalue weighted by Gasteiger charge is 1.90. The molecule has 0 fully saturated rings. The molecule has 0 rings (SSSR count). The maximum Gasteiger partial charge on any atom is 0.156 e. The Hall–Kier alpha value is -0.240. The molecule has 0 aliphatic heterocycles. The maximum absolute atomic E-state index is 10.3. The van der Waals surface area contributed by atoms with Gasteiger partial charge in [0, 0.05) is 4.91 Å². The summed E-state index contributed by atoms with van der Waals surface area (Å²) in [5.41, 5.74) is 0. The number of rotatable bonds is 5. The van der Waals surface area contributed by atoms with E-state index in [-0.39, 0.29) is 0 Å². The van der Waals surface area contributed by atoms with Crippen LogP contribution in [0, 0.1) is 0 Å². The third-order valence-electron chi connectivity index (χ3n) is 1.06. The molecule has 0 heterocycles. The van der Waals surface area contributed by atoms with Gasteiger partial charge >= 0.3 is 0 Å². The Bertz CT molecular complexity index is 118. The summed E-state index contributed by atoms with van der Waals surface area (Å²) in [7, 11) is 0. The Morgan fingerprint density at radius 3 is 2.60 bits per heavy atom. The first kappa shape index (κ1) is 9.76. The Morgan fingerprint density at radius 1 is 1.50 bits per heavy atom. The van der Waals surface area contributed by atoms with Crippen molar-refractivity contribution in [2.24, 2.45) is 0 Å². The van der Waals surface area contributed by atoms with Crippen molar-refractivity contribution in [1.82, 2.24) is 0 Å². The summed E-state index contributed by atoms with van der Waals surface area (Å²) in [4.78, 5) is 11.2. The van der Waals surface area contributed by atoms with Crippen LogP contribution in [0.15, 0.2) is 11.0 Å². The number of unbranched alkanes of at least 4 members (excludes halogenated alkanes) is 1. The molecule has 0 saturated heterocycles. The molecule has 10 heavy (non-hydrogen) atoms. The van der Waals surface area contributed by atoms with Crippen molar-refractivity contribution in [1.29, 1.82) is 0 Å². The first-order chi connectivity index (χ1) is 4.85. The minimum Gasteiger partial charge on any atom is -0.297 e. The molecule has 58 valence electrons. The van der Waals surface area contributed by atoms with E-state index < -0.39 is 0 Å². The SMILES string of the molecule is CCC/C=C(\C=O)SCC. The second kappa shape index (κ2) is 6.87. The molecule has 1 nitrogen and oxygen atoms in total. The van der Waals surface area contributed by atoms with Gasteiger partial charge < -0.3 is 0 Å². The lowest BCUT2D eigenvalue weighted by molar-refractivity contribution is -0.104. The smallest absolute Gasteiger partial charge is 0.156 e. The number of allylic oxidation sites excluding steroid dienone is 2. The molecule has 0 N–H and O–H groups in total. The summed E-state index contributed by atoms with van der Waals surface area (Å²) in [6, 6.07) is 0. The van der Waals surface area contributed by atoms with Gasteiger partial charge in [0.2, 0.25) is 0 Å². The highest BCUT2D eigenvalue weighted by atomic mass is 32.2. The van der Waals surface area contributed by atoms with Gasteiger partial charge in [0.1, 0.15) is 0 Å². The standard InChI is InChI=1S/C8H14OS/c1-3-5-6-8(7-9)10-4-2/h6-7H,3-5H2,1-2H3/b8-6+. The average Bonchev–Trinajstić information content (AvgIpc) is 1.98. The molecule has 0 saturated carbocycles. The van der Waals surface area contributed by atoms with Crippen molar-refractivity contribution in [2.75, 3.05) is 5.75 Å². The van der Waals surface area contributed by atoms with Crippen LogP contribution in [0.2, 0.25) is 0 Å². The lowest BCUT2D eigenvalue weighted by Crippen LogP contribution is -1.79. The molecule has 0 aromatic rings. The van der Waals surface area contributed by atoms with E-state index in [0.29, 0.717) is 0 Å². The van der Waals surface area contributed by atoms with Crippen molar-refractivity contribution in [2.45, 2.75) is 26.7 Å². The van der Waals surface area contributed by atoms with Crippen molar-refractivity contribution in [3.63, 3.8) is 0 Å². The van der Waals surface area contributed by atoms with Crippen molar-refractivity contribution >= 4 is 18.0 Å². The number of hydrogen-bond acceptors (Lipinski definition) is 2. The summed E-state index contributed by atoms with van der Waals surface area (Å²) >= 11 is 1.61. The third kappa shape index (κ3) is 4.62. The Kier molecular flexibility index (Phi) is 6.71. The van der Waals surface area contributed by atoms with Crippen LogP contribution in [0.3, 0.4) is 0 Å². The van der Waals surface area contributed by atoms with Crippen LogP contribution in [0.4, 0.5) is 0 Å². The highest BCUT2D eigenvalue weighted by Crippen LogP contribution is 2.12. The molecule has 0 bridgehead atoms. The van der Waals surface area contributed by atoms with Crippen molar-refractivity contribution in [3.05, 3.63) is 11.0 Å². The van der Waals surface area contributed by atoms with E-state index in [0.717, 1.165) is 29.8 Å². The van der Waals surface area contributed by atoms with Crippen LogP contribution < -0.4 is 0 Å². The van der Waals surface area contributed by atoms with Gasteiger partial charge in [-0.3, -0.25) is 4.79 Å². The predicted octanol–water partition coefficient (Wildman–Crippen LogP) is 2.62. The van der Waals surface area contributed by atoms with Gasteiger partial charge in [-0.15, -0.1) is 11.8 Å². The van der Waals surface area contributed by atoms with Crippen LogP contribution in [0.5, 0.6) is 0 Å². The van der Waals surface area contributed by atoms with E-state index in [1.165, 1.54) is 0 Å². The lowest BCUT2D eigenvalue weighted by atomic mass is 10.3. The van der Waals surface area contributed by atoms with Gasteiger partial charge in [-0.1, -0.05) is 26.3 Å². The van der Waals surface area contributed by atoms with Crippen LogP contribution >= 0.6 is 11.8 Å². The first-order valence-electron chi connectivity index (χ1n) is 3.63. The van der Waals surface area contributed by atoms with Crippen molar-refractivity contribution < 1.29 is 4.79 Å². The summed E-state index contributed by atoms with van der Waals surface area (Å²) < 4.78 is 0. The minimum absolute atomic E-state index is 0.879. The maximum atomic E-state index is 10.3. The molecule has 0 unspecified atom stereocenters. The molecular weight excluding hydrogens is 144 g/mol.